The van der Waals surface area contributed by atoms with Crippen LogP contribution >= 0.6 is 11.8 Å². The fourth-order valence-corrected chi connectivity index (χ4v) is 5.05. The first-order chi connectivity index (χ1) is 17.4. The van der Waals surface area contributed by atoms with Gasteiger partial charge in [0.05, 0.1) is 30.4 Å². The van der Waals surface area contributed by atoms with Gasteiger partial charge in [0.15, 0.2) is 0 Å². The molecule has 1 aliphatic rings. The molecule has 1 heterocycles. The van der Waals surface area contributed by atoms with Crippen LogP contribution in [0.3, 0.4) is 0 Å². The second kappa shape index (κ2) is 12.7. The van der Waals surface area contributed by atoms with Crippen molar-refractivity contribution in [2.24, 2.45) is 5.73 Å². The van der Waals surface area contributed by atoms with Crippen LogP contribution in [0, 0.1) is 11.3 Å². The Kier molecular flexibility index (Phi) is 9.36. The molecule has 1 aliphatic heterocycles. The Hall–Kier alpha value is -3.97. The largest absolute Gasteiger partial charge is 0.497 e. The maximum Gasteiger partial charge on any atom is 0.328 e. The summed E-state index contributed by atoms with van der Waals surface area (Å²) in [4.78, 5) is 38.2. The van der Waals surface area contributed by atoms with Gasteiger partial charge in [0.25, 0.3) is 0 Å². The number of hydrogen-bond donors (Lipinski definition) is 3. The van der Waals surface area contributed by atoms with Gasteiger partial charge in [0.1, 0.15) is 17.0 Å². The standard InChI is InChI=1S/C26H28N4O5S/c1-3-35-25(32)20(14-9-16-7-5-4-6-8-16)29-26(33)30-24(31)22-21(19(15-27)23(28)36-22)17-10-12-18(34-2)13-11-17/h4-8,10-13,20-22H,3,9,14,28H2,1-2H3,(H2,29,30,31,33)/t20-,21+,22+/m0/s1. The number of urea groups is 1. The molecule has 3 rings (SSSR count). The Morgan fingerprint density at radius 1 is 1.14 bits per heavy atom. The van der Waals surface area contributed by atoms with E-state index in [0.717, 1.165) is 17.3 Å². The van der Waals surface area contributed by atoms with E-state index in [4.69, 9.17) is 15.2 Å². The van der Waals surface area contributed by atoms with E-state index in [1.165, 1.54) is 7.11 Å². The van der Waals surface area contributed by atoms with Gasteiger partial charge < -0.3 is 20.5 Å². The number of thioether (sulfide) groups is 1. The molecule has 0 saturated heterocycles. The third kappa shape index (κ3) is 6.58. The molecular formula is C26H28N4O5S. The molecule has 2 aromatic rings. The number of benzene rings is 2. The minimum absolute atomic E-state index is 0.160. The van der Waals surface area contributed by atoms with Crippen molar-refractivity contribution < 1.29 is 23.9 Å². The number of hydrogen-bond acceptors (Lipinski definition) is 8. The van der Waals surface area contributed by atoms with Crippen molar-refractivity contribution in [3.63, 3.8) is 0 Å². The number of nitriles is 1. The quantitative estimate of drug-likeness (QED) is 0.439. The minimum atomic E-state index is -0.940. The number of imide groups is 1. The topological polar surface area (TPSA) is 144 Å². The van der Waals surface area contributed by atoms with Crippen LogP contribution in [0.4, 0.5) is 4.79 Å². The van der Waals surface area contributed by atoms with Crippen molar-refractivity contribution >= 4 is 29.7 Å². The zero-order valence-electron chi connectivity index (χ0n) is 20.0. The van der Waals surface area contributed by atoms with E-state index >= 15 is 0 Å². The lowest BCUT2D eigenvalue weighted by Gasteiger charge is -2.21. The normalized spacial score (nSPS) is 17.6. The molecule has 0 aliphatic carbocycles. The van der Waals surface area contributed by atoms with E-state index in [1.807, 2.05) is 30.3 Å². The fraction of sp³-hybridized carbons (Fsp3) is 0.308. The molecule has 3 amide bonds. The van der Waals surface area contributed by atoms with Crippen molar-refractivity contribution in [1.29, 1.82) is 5.26 Å². The second-order valence-electron chi connectivity index (χ2n) is 7.97. The number of rotatable bonds is 9. The summed E-state index contributed by atoms with van der Waals surface area (Å²) in [5, 5.41) is 13.9. The lowest BCUT2D eigenvalue weighted by atomic mass is 9.88. The number of allylic oxidation sites excluding steroid dienone is 1. The molecule has 0 saturated carbocycles. The number of esters is 1. The highest BCUT2D eigenvalue weighted by Gasteiger charge is 2.41. The zero-order chi connectivity index (χ0) is 26.1. The molecule has 4 N–H and O–H groups in total. The summed E-state index contributed by atoms with van der Waals surface area (Å²) in [6.45, 7) is 1.84. The number of nitrogens with two attached hydrogens (primary N) is 1. The molecule has 9 nitrogen and oxygen atoms in total. The summed E-state index contributed by atoms with van der Waals surface area (Å²) in [7, 11) is 1.54. The predicted molar refractivity (Wildman–Crippen MR) is 136 cm³/mol. The molecule has 0 spiro atoms. The monoisotopic (exact) mass is 508 g/mol. The van der Waals surface area contributed by atoms with E-state index in [1.54, 1.807) is 31.2 Å². The molecule has 2 aromatic carbocycles. The van der Waals surface area contributed by atoms with Crippen LogP contribution in [0.15, 0.2) is 65.2 Å². The zero-order valence-corrected chi connectivity index (χ0v) is 20.8. The van der Waals surface area contributed by atoms with Crippen LogP contribution < -0.4 is 21.1 Å². The summed E-state index contributed by atoms with van der Waals surface area (Å²) < 4.78 is 10.3. The average molecular weight is 509 g/mol. The summed E-state index contributed by atoms with van der Waals surface area (Å²) >= 11 is 1.02. The summed E-state index contributed by atoms with van der Waals surface area (Å²) in [5.74, 6) is -1.23. The van der Waals surface area contributed by atoms with Gasteiger partial charge >= 0.3 is 12.0 Å². The number of methoxy groups -OCH3 is 1. The third-order valence-corrected chi connectivity index (χ3v) is 6.88. The van der Waals surface area contributed by atoms with Crippen LogP contribution in [0.2, 0.25) is 0 Å². The highest BCUT2D eigenvalue weighted by atomic mass is 32.2. The minimum Gasteiger partial charge on any atom is -0.497 e. The number of amides is 3. The lowest BCUT2D eigenvalue weighted by molar-refractivity contribution is -0.145. The number of aryl methyl sites for hydroxylation is 1. The van der Waals surface area contributed by atoms with Gasteiger partial charge in [-0.25, -0.2) is 9.59 Å². The predicted octanol–water partition coefficient (Wildman–Crippen LogP) is 2.98. The summed E-state index contributed by atoms with van der Waals surface area (Å²) in [6.07, 6.45) is 0.826. The maximum atomic E-state index is 13.1. The van der Waals surface area contributed by atoms with Crippen LogP contribution in [-0.4, -0.2) is 42.9 Å². The summed E-state index contributed by atoms with van der Waals surface area (Å²) in [5.41, 5.74) is 7.99. The molecule has 188 valence electrons. The van der Waals surface area contributed by atoms with Gasteiger partial charge in [0.2, 0.25) is 5.91 Å². The number of carbonyl (C=O) groups is 3. The van der Waals surface area contributed by atoms with E-state index in [-0.39, 0.29) is 17.2 Å². The van der Waals surface area contributed by atoms with Crippen LogP contribution in [0.5, 0.6) is 5.75 Å². The molecule has 10 heteroatoms. The molecule has 0 bridgehead atoms. The number of ether oxygens (including phenoxy) is 2. The van der Waals surface area contributed by atoms with Crippen molar-refractivity contribution in [2.45, 2.75) is 37.0 Å². The van der Waals surface area contributed by atoms with Gasteiger partial charge in [0, 0.05) is 5.92 Å². The van der Waals surface area contributed by atoms with E-state index < -0.39 is 35.1 Å². The van der Waals surface area contributed by atoms with Crippen LogP contribution in [-0.2, 0) is 20.7 Å². The SMILES string of the molecule is CCOC(=O)[C@H](CCc1ccccc1)NC(=O)NC(=O)[C@@H]1SC(N)=C(C#N)[C@H]1c1ccc(OC)cc1. The molecule has 0 radical (unpaired) electrons. The third-order valence-electron chi connectivity index (χ3n) is 5.66. The van der Waals surface area contributed by atoms with Crippen LogP contribution in [0.25, 0.3) is 0 Å². The van der Waals surface area contributed by atoms with E-state index in [2.05, 4.69) is 16.7 Å². The highest BCUT2D eigenvalue weighted by molar-refractivity contribution is 8.04. The maximum absolute atomic E-state index is 13.1. The fourth-order valence-electron chi connectivity index (χ4n) is 3.88. The Balaban J connectivity index is 1.70. The number of nitrogens with zero attached hydrogens (tertiary/aromatic N) is 1. The van der Waals surface area contributed by atoms with Crippen molar-refractivity contribution in [2.75, 3.05) is 13.7 Å². The molecule has 36 heavy (non-hydrogen) atoms. The second-order valence-corrected chi connectivity index (χ2v) is 9.15. The molecular weight excluding hydrogens is 480 g/mol. The van der Waals surface area contributed by atoms with Crippen molar-refractivity contribution in [3.8, 4) is 11.8 Å². The highest BCUT2D eigenvalue weighted by Crippen LogP contribution is 2.45. The van der Waals surface area contributed by atoms with Crippen LogP contribution in [0.1, 0.15) is 30.4 Å². The van der Waals surface area contributed by atoms with E-state index in [0.29, 0.717) is 24.2 Å². The Morgan fingerprint density at radius 2 is 1.83 bits per heavy atom. The first kappa shape index (κ1) is 26.6. The van der Waals surface area contributed by atoms with Gasteiger partial charge in [-0.05, 0) is 43.0 Å². The molecule has 0 aromatic heterocycles. The van der Waals surface area contributed by atoms with Gasteiger partial charge in [-0.15, -0.1) is 0 Å². The average Bonchev–Trinajstić information content (AvgIpc) is 3.23. The van der Waals surface area contributed by atoms with Gasteiger partial charge in [-0.1, -0.05) is 54.2 Å². The number of carbonyl (C=O) groups excluding carboxylic acids is 3. The lowest BCUT2D eigenvalue weighted by Crippen LogP contribution is -2.50. The Morgan fingerprint density at radius 3 is 2.44 bits per heavy atom. The first-order valence-corrected chi connectivity index (χ1v) is 12.3. The summed E-state index contributed by atoms with van der Waals surface area (Å²) in [6, 6.07) is 16.8. The Bertz CT molecular complexity index is 1160. The smallest absolute Gasteiger partial charge is 0.328 e. The Labute approximate surface area is 214 Å². The molecule has 3 atom stereocenters. The molecule has 0 fully saturated rings. The van der Waals surface area contributed by atoms with Gasteiger partial charge in [-0.2, -0.15) is 5.26 Å². The van der Waals surface area contributed by atoms with E-state index in [9.17, 15) is 19.6 Å². The molecule has 0 unspecified atom stereocenters. The van der Waals surface area contributed by atoms with Crippen molar-refractivity contribution in [3.05, 3.63) is 76.3 Å². The van der Waals surface area contributed by atoms with Crippen molar-refractivity contribution in [1.82, 2.24) is 10.6 Å². The first-order valence-electron chi connectivity index (χ1n) is 11.4. The number of nitrogens with one attached hydrogen (secondary N) is 2. The van der Waals surface area contributed by atoms with Gasteiger partial charge in [-0.3, -0.25) is 10.1 Å².